The molecule has 1 unspecified atom stereocenters. The van der Waals surface area contributed by atoms with Crippen molar-refractivity contribution in [2.24, 2.45) is 0 Å². The number of esters is 1. The molecule has 3 rings (SSSR count). The third-order valence-electron chi connectivity index (χ3n) is 4.28. The Morgan fingerprint density at radius 2 is 2.19 bits per heavy atom. The lowest BCUT2D eigenvalue weighted by molar-refractivity contribution is -0.385. The molecule has 2 heterocycles. The van der Waals surface area contributed by atoms with E-state index in [-0.39, 0.29) is 18.7 Å². The maximum atomic E-state index is 12.5. The molecule has 136 valence electrons. The number of fused-ring (bicyclic) bond motifs is 1. The zero-order chi connectivity index (χ0) is 18.8. The second-order valence-electron chi connectivity index (χ2n) is 5.75. The van der Waals surface area contributed by atoms with Gasteiger partial charge in [0.05, 0.1) is 29.2 Å². The highest BCUT2D eigenvalue weighted by Gasteiger charge is 2.39. The summed E-state index contributed by atoms with van der Waals surface area (Å²) in [5.41, 5.74) is 2.45. The fourth-order valence-electron chi connectivity index (χ4n) is 3.19. The number of para-hydroxylation sites is 1. The van der Waals surface area contributed by atoms with Crippen molar-refractivity contribution in [3.05, 3.63) is 62.5 Å². The summed E-state index contributed by atoms with van der Waals surface area (Å²) in [4.78, 5) is 23.6. The fourth-order valence-corrected chi connectivity index (χ4v) is 4.12. The summed E-state index contributed by atoms with van der Waals surface area (Å²) < 4.78 is 9.29. The van der Waals surface area contributed by atoms with Crippen molar-refractivity contribution in [2.45, 2.75) is 19.3 Å². The van der Waals surface area contributed by atoms with Gasteiger partial charge in [-0.1, -0.05) is 18.2 Å². The summed E-state index contributed by atoms with van der Waals surface area (Å²) >= 11 is 1.20. The molecule has 1 aromatic heterocycles. The first-order chi connectivity index (χ1) is 12.5. The molecule has 2 N–H and O–H groups in total. The molecule has 9 heteroatoms. The number of benzene rings is 1. The Kier molecular flexibility index (Phi) is 5.01. The molecule has 8 nitrogen and oxygen atoms in total. The number of aromatic nitrogens is 1. The molecule has 0 saturated carbocycles. The molecule has 0 bridgehead atoms. The third kappa shape index (κ3) is 2.95. The maximum Gasteiger partial charge on any atom is 0.336 e. The molecule has 1 aliphatic rings. The molecule has 2 aromatic rings. The normalized spacial score (nSPS) is 16.0. The van der Waals surface area contributed by atoms with E-state index in [9.17, 15) is 20.0 Å². The van der Waals surface area contributed by atoms with Gasteiger partial charge in [0.25, 0.3) is 5.69 Å². The van der Waals surface area contributed by atoms with E-state index in [0.717, 1.165) is 0 Å². The molecule has 1 aliphatic heterocycles. The number of aliphatic hydroxyl groups excluding tert-OH is 1. The highest BCUT2D eigenvalue weighted by atomic mass is 32.1. The first kappa shape index (κ1) is 18.0. The first-order valence-corrected chi connectivity index (χ1v) is 8.65. The Labute approximate surface area is 153 Å². The van der Waals surface area contributed by atoms with Crippen LogP contribution >= 0.6 is 11.5 Å². The zero-order valence-electron chi connectivity index (χ0n) is 14.2. The molecule has 0 amide bonds. The van der Waals surface area contributed by atoms with E-state index in [1.54, 1.807) is 25.1 Å². The number of allylic oxidation sites excluding steroid dienone is 1. The van der Waals surface area contributed by atoms with E-state index in [2.05, 4.69) is 9.69 Å². The number of carbonyl (C=O) groups excluding carboxylic acids is 1. The van der Waals surface area contributed by atoms with Crippen LogP contribution < -0.4 is 5.32 Å². The summed E-state index contributed by atoms with van der Waals surface area (Å²) in [6, 6.07) is 6.32. The minimum Gasteiger partial charge on any atom is -0.466 e. The number of nitro benzene ring substituents is 1. The van der Waals surface area contributed by atoms with Gasteiger partial charge in [0, 0.05) is 35.9 Å². The number of methoxy groups -OCH3 is 1. The predicted octanol–water partition coefficient (Wildman–Crippen LogP) is 2.59. The van der Waals surface area contributed by atoms with Crippen LogP contribution in [0.3, 0.4) is 0 Å². The van der Waals surface area contributed by atoms with Crippen LogP contribution in [0.5, 0.6) is 0 Å². The smallest absolute Gasteiger partial charge is 0.336 e. The van der Waals surface area contributed by atoms with E-state index in [1.165, 1.54) is 24.7 Å². The quantitative estimate of drug-likeness (QED) is 0.469. The van der Waals surface area contributed by atoms with Crippen molar-refractivity contribution < 1.29 is 19.6 Å². The number of hydrogen-bond acceptors (Lipinski definition) is 8. The summed E-state index contributed by atoms with van der Waals surface area (Å²) in [5, 5.41) is 24.7. The predicted molar refractivity (Wildman–Crippen MR) is 96.2 cm³/mol. The van der Waals surface area contributed by atoms with Crippen molar-refractivity contribution in [1.29, 1.82) is 0 Å². The molecule has 1 aromatic carbocycles. The lowest BCUT2D eigenvalue weighted by Gasteiger charge is -2.27. The van der Waals surface area contributed by atoms with E-state index in [1.807, 2.05) is 0 Å². The van der Waals surface area contributed by atoms with Crippen molar-refractivity contribution in [3.8, 4) is 0 Å². The van der Waals surface area contributed by atoms with Gasteiger partial charge in [-0.05, 0) is 18.5 Å². The van der Waals surface area contributed by atoms with Gasteiger partial charge < -0.3 is 15.2 Å². The Morgan fingerprint density at radius 3 is 2.85 bits per heavy atom. The zero-order valence-corrected chi connectivity index (χ0v) is 15.0. The van der Waals surface area contributed by atoms with Crippen LogP contribution in [0.25, 0.3) is 0 Å². The van der Waals surface area contributed by atoms with Crippen molar-refractivity contribution in [1.82, 2.24) is 4.37 Å². The van der Waals surface area contributed by atoms with E-state index in [4.69, 9.17) is 4.74 Å². The minimum absolute atomic E-state index is 0.0827. The number of ether oxygens (including phenoxy) is 1. The van der Waals surface area contributed by atoms with Gasteiger partial charge in [0.2, 0.25) is 0 Å². The minimum atomic E-state index is -0.694. The van der Waals surface area contributed by atoms with Gasteiger partial charge in [0.15, 0.2) is 0 Å². The van der Waals surface area contributed by atoms with Gasteiger partial charge in [-0.3, -0.25) is 10.1 Å². The average Bonchev–Trinajstić information content (AvgIpc) is 3.02. The van der Waals surface area contributed by atoms with Gasteiger partial charge in [-0.2, -0.15) is 4.37 Å². The molecule has 0 aliphatic carbocycles. The molecular formula is C17H17N3O5S. The second-order valence-corrected chi connectivity index (χ2v) is 6.52. The maximum absolute atomic E-state index is 12.5. The standard InChI is InChI=1S/C17H17N3O5S/c1-9-13(17(22)25-2)14(10-5-3-4-6-12(10)20(23)24)15-11(7-8-21)19-26-16(15)18-9/h3-6,14,18,21H,7-8H2,1-2H3. The third-order valence-corrected chi connectivity index (χ3v) is 5.10. The van der Waals surface area contributed by atoms with Crippen LogP contribution in [-0.2, 0) is 16.0 Å². The number of nitro groups is 1. The number of carbonyl (C=O) groups is 1. The Bertz CT molecular complexity index is 906. The first-order valence-electron chi connectivity index (χ1n) is 7.88. The Hall–Kier alpha value is -2.78. The summed E-state index contributed by atoms with van der Waals surface area (Å²) in [6.45, 7) is 1.61. The number of nitrogens with zero attached hydrogens (tertiary/aromatic N) is 2. The molecule has 0 fully saturated rings. The van der Waals surface area contributed by atoms with Gasteiger partial charge in [-0.15, -0.1) is 0 Å². The molecule has 26 heavy (non-hydrogen) atoms. The molecular weight excluding hydrogens is 358 g/mol. The van der Waals surface area contributed by atoms with Crippen LogP contribution in [0.1, 0.15) is 29.7 Å². The van der Waals surface area contributed by atoms with Gasteiger partial charge in [0.1, 0.15) is 5.00 Å². The lowest BCUT2D eigenvalue weighted by Crippen LogP contribution is -2.24. The summed E-state index contributed by atoms with van der Waals surface area (Å²) in [7, 11) is 1.27. The molecule has 0 saturated heterocycles. The van der Waals surface area contributed by atoms with Gasteiger partial charge in [-0.25, -0.2) is 4.79 Å². The summed E-state index contributed by atoms with van der Waals surface area (Å²) in [6.07, 6.45) is 0.290. The largest absolute Gasteiger partial charge is 0.466 e. The van der Waals surface area contributed by atoms with Crippen molar-refractivity contribution in [3.63, 3.8) is 0 Å². The van der Waals surface area contributed by atoms with Crippen molar-refractivity contribution in [2.75, 3.05) is 19.0 Å². The highest BCUT2D eigenvalue weighted by molar-refractivity contribution is 7.10. The lowest BCUT2D eigenvalue weighted by atomic mass is 9.80. The number of rotatable bonds is 5. The molecule has 1 atom stereocenters. The molecule has 0 spiro atoms. The highest BCUT2D eigenvalue weighted by Crippen LogP contribution is 2.47. The van der Waals surface area contributed by atoms with Crippen LogP contribution in [0.4, 0.5) is 10.7 Å². The second kappa shape index (κ2) is 7.22. The van der Waals surface area contributed by atoms with E-state index >= 15 is 0 Å². The number of hydrogen-bond donors (Lipinski definition) is 2. The van der Waals surface area contributed by atoms with Crippen LogP contribution in [-0.4, -0.2) is 34.1 Å². The van der Waals surface area contributed by atoms with Crippen molar-refractivity contribution >= 4 is 28.2 Å². The SMILES string of the molecule is COC(=O)C1=C(C)Nc2snc(CCO)c2C1c1ccccc1[N+](=O)[O-]. The van der Waals surface area contributed by atoms with Gasteiger partial charge >= 0.3 is 5.97 Å². The number of aliphatic hydroxyl groups is 1. The van der Waals surface area contributed by atoms with Crippen LogP contribution in [0, 0.1) is 10.1 Å². The van der Waals surface area contributed by atoms with E-state index < -0.39 is 16.8 Å². The molecule has 0 radical (unpaired) electrons. The topological polar surface area (TPSA) is 115 Å². The Balaban J connectivity index is 2.30. The fraction of sp³-hybridized carbons (Fsp3) is 0.294. The number of nitrogens with one attached hydrogen (secondary N) is 1. The van der Waals surface area contributed by atoms with Crippen LogP contribution in [0.2, 0.25) is 0 Å². The summed E-state index contributed by atoms with van der Waals surface area (Å²) in [5.74, 6) is -1.26. The Morgan fingerprint density at radius 1 is 1.46 bits per heavy atom. The van der Waals surface area contributed by atoms with E-state index in [0.29, 0.717) is 33.1 Å². The number of anilines is 1. The average molecular weight is 375 g/mol. The van der Waals surface area contributed by atoms with Crippen LogP contribution in [0.15, 0.2) is 35.5 Å². The monoisotopic (exact) mass is 375 g/mol.